The standard InChI is InChI=1S/C16H14N4OS/c1-11-7-9-12(10-8-11)21-15-18-14(17)19-16(20-15)22-13-5-3-2-4-6-13/h2-10H,1H3,(H2,17,18,19,20). The highest BCUT2D eigenvalue weighted by Crippen LogP contribution is 2.27. The average molecular weight is 310 g/mol. The molecule has 2 aromatic carbocycles. The molecule has 0 atom stereocenters. The topological polar surface area (TPSA) is 73.9 Å². The van der Waals surface area contributed by atoms with E-state index in [0.717, 1.165) is 10.5 Å². The summed E-state index contributed by atoms with van der Waals surface area (Å²) in [6.07, 6.45) is 0. The zero-order valence-corrected chi connectivity index (χ0v) is 12.7. The monoisotopic (exact) mass is 310 g/mol. The van der Waals surface area contributed by atoms with Crippen LogP contribution in [0.5, 0.6) is 11.8 Å². The first-order chi connectivity index (χ1) is 10.7. The fourth-order valence-corrected chi connectivity index (χ4v) is 2.52. The second-order valence-electron chi connectivity index (χ2n) is 4.59. The van der Waals surface area contributed by atoms with Crippen LogP contribution in [0, 0.1) is 6.92 Å². The summed E-state index contributed by atoms with van der Waals surface area (Å²) >= 11 is 1.41. The van der Waals surface area contributed by atoms with Crippen LogP contribution in [0.15, 0.2) is 64.6 Å². The molecule has 2 N–H and O–H groups in total. The van der Waals surface area contributed by atoms with Crippen molar-refractivity contribution in [2.75, 3.05) is 5.73 Å². The minimum Gasteiger partial charge on any atom is -0.424 e. The van der Waals surface area contributed by atoms with E-state index < -0.39 is 0 Å². The lowest BCUT2D eigenvalue weighted by Crippen LogP contribution is -2.01. The van der Waals surface area contributed by atoms with Crippen molar-refractivity contribution >= 4 is 17.7 Å². The largest absolute Gasteiger partial charge is 0.424 e. The molecule has 0 bridgehead atoms. The van der Waals surface area contributed by atoms with Crippen LogP contribution in [0.2, 0.25) is 0 Å². The lowest BCUT2D eigenvalue weighted by atomic mass is 10.2. The van der Waals surface area contributed by atoms with E-state index in [0.29, 0.717) is 10.9 Å². The van der Waals surface area contributed by atoms with E-state index in [2.05, 4.69) is 15.0 Å². The number of rotatable bonds is 4. The molecule has 0 radical (unpaired) electrons. The third-order valence-corrected chi connectivity index (χ3v) is 3.67. The Balaban J connectivity index is 1.82. The predicted octanol–water partition coefficient (Wildman–Crippen LogP) is 3.71. The van der Waals surface area contributed by atoms with Crippen molar-refractivity contribution in [1.82, 2.24) is 15.0 Å². The summed E-state index contributed by atoms with van der Waals surface area (Å²) in [5, 5.41) is 0.501. The molecule has 5 nitrogen and oxygen atoms in total. The number of hydrogen-bond donors (Lipinski definition) is 1. The number of hydrogen-bond acceptors (Lipinski definition) is 6. The van der Waals surface area contributed by atoms with Crippen molar-refractivity contribution < 1.29 is 4.74 Å². The number of anilines is 1. The highest BCUT2D eigenvalue weighted by atomic mass is 32.2. The molecule has 0 spiro atoms. The van der Waals surface area contributed by atoms with Gasteiger partial charge >= 0.3 is 6.01 Å². The zero-order chi connectivity index (χ0) is 15.4. The summed E-state index contributed by atoms with van der Waals surface area (Å²) in [5.41, 5.74) is 6.89. The Morgan fingerprint density at radius 1 is 0.909 bits per heavy atom. The number of benzene rings is 2. The maximum absolute atomic E-state index is 5.74. The van der Waals surface area contributed by atoms with Crippen LogP contribution in [0.1, 0.15) is 5.56 Å². The number of nitrogens with zero attached hydrogens (tertiary/aromatic N) is 3. The fraction of sp³-hybridized carbons (Fsp3) is 0.0625. The molecule has 0 saturated heterocycles. The lowest BCUT2D eigenvalue weighted by molar-refractivity contribution is 0.434. The van der Waals surface area contributed by atoms with Crippen molar-refractivity contribution in [3.8, 4) is 11.8 Å². The Morgan fingerprint density at radius 3 is 2.36 bits per heavy atom. The van der Waals surface area contributed by atoms with Gasteiger partial charge in [-0.3, -0.25) is 0 Å². The maximum Gasteiger partial charge on any atom is 0.327 e. The van der Waals surface area contributed by atoms with E-state index in [4.69, 9.17) is 10.5 Å². The Labute approximate surface area is 132 Å². The van der Waals surface area contributed by atoms with E-state index in [1.165, 1.54) is 11.8 Å². The first-order valence-corrected chi connectivity index (χ1v) is 7.50. The van der Waals surface area contributed by atoms with E-state index in [1.54, 1.807) is 0 Å². The van der Waals surface area contributed by atoms with Crippen LogP contribution >= 0.6 is 11.8 Å². The number of nitrogens with two attached hydrogens (primary N) is 1. The molecule has 1 heterocycles. The van der Waals surface area contributed by atoms with Gasteiger partial charge in [0.05, 0.1) is 0 Å². The van der Waals surface area contributed by atoms with Crippen molar-refractivity contribution in [3.63, 3.8) is 0 Å². The molecular formula is C16H14N4OS. The third kappa shape index (κ3) is 3.73. The van der Waals surface area contributed by atoms with Crippen LogP contribution < -0.4 is 10.5 Å². The number of nitrogen functional groups attached to an aromatic ring is 1. The molecule has 0 fully saturated rings. The Kier molecular flexibility index (Phi) is 4.20. The van der Waals surface area contributed by atoms with Gasteiger partial charge in [-0.25, -0.2) is 0 Å². The Morgan fingerprint density at radius 2 is 1.64 bits per heavy atom. The van der Waals surface area contributed by atoms with Gasteiger partial charge in [-0.05, 0) is 43.0 Å². The van der Waals surface area contributed by atoms with Gasteiger partial charge in [0.1, 0.15) is 5.75 Å². The van der Waals surface area contributed by atoms with Gasteiger partial charge in [0.25, 0.3) is 0 Å². The molecule has 1 aromatic heterocycles. The molecule has 110 valence electrons. The van der Waals surface area contributed by atoms with Crippen LogP contribution in [0.25, 0.3) is 0 Å². The van der Waals surface area contributed by atoms with E-state index in [-0.39, 0.29) is 12.0 Å². The molecule has 0 amide bonds. The van der Waals surface area contributed by atoms with Gasteiger partial charge in [-0.2, -0.15) is 15.0 Å². The summed E-state index contributed by atoms with van der Waals surface area (Å²) in [5.74, 6) is 0.794. The minimum absolute atomic E-state index is 0.135. The van der Waals surface area contributed by atoms with Crippen LogP contribution in [-0.4, -0.2) is 15.0 Å². The van der Waals surface area contributed by atoms with Crippen LogP contribution in [0.4, 0.5) is 5.95 Å². The number of aromatic nitrogens is 3. The quantitative estimate of drug-likeness (QED) is 0.792. The highest BCUT2D eigenvalue weighted by molar-refractivity contribution is 7.99. The first-order valence-electron chi connectivity index (χ1n) is 6.68. The van der Waals surface area contributed by atoms with E-state index >= 15 is 0 Å². The van der Waals surface area contributed by atoms with Gasteiger partial charge in [-0.1, -0.05) is 35.9 Å². The summed E-state index contributed by atoms with van der Waals surface area (Å²) in [4.78, 5) is 13.4. The minimum atomic E-state index is 0.135. The highest BCUT2D eigenvalue weighted by Gasteiger charge is 2.08. The van der Waals surface area contributed by atoms with Crippen molar-refractivity contribution in [1.29, 1.82) is 0 Å². The predicted molar refractivity (Wildman–Crippen MR) is 86.1 cm³/mol. The first kappa shape index (κ1) is 14.3. The SMILES string of the molecule is Cc1ccc(Oc2nc(N)nc(Sc3ccccc3)n2)cc1. The second kappa shape index (κ2) is 6.44. The van der Waals surface area contributed by atoms with Gasteiger partial charge in [0, 0.05) is 4.90 Å². The normalized spacial score (nSPS) is 10.4. The molecule has 22 heavy (non-hydrogen) atoms. The summed E-state index contributed by atoms with van der Waals surface area (Å²) in [6, 6.07) is 17.6. The summed E-state index contributed by atoms with van der Waals surface area (Å²) in [6.45, 7) is 2.01. The molecular weight excluding hydrogens is 296 g/mol. The second-order valence-corrected chi connectivity index (χ2v) is 5.63. The van der Waals surface area contributed by atoms with Gasteiger partial charge in [-0.15, -0.1) is 0 Å². The van der Waals surface area contributed by atoms with Crippen molar-refractivity contribution in [2.24, 2.45) is 0 Å². The summed E-state index contributed by atoms with van der Waals surface area (Å²) < 4.78 is 5.64. The van der Waals surface area contributed by atoms with E-state index in [1.807, 2.05) is 61.5 Å². The molecule has 0 saturated carbocycles. The number of aryl methyl sites for hydroxylation is 1. The van der Waals surface area contributed by atoms with Crippen molar-refractivity contribution in [3.05, 3.63) is 60.2 Å². The Bertz CT molecular complexity index is 763. The smallest absolute Gasteiger partial charge is 0.327 e. The molecule has 0 aliphatic carbocycles. The molecule has 6 heteroatoms. The Hall–Kier alpha value is -2.60. The summed E-state index contributed by atoms with van der Waals surface area (Å²) in [7, 11) is 0. The lowest BCUT2D eigenvalue weighted by Gasteiger charge is -2.06. The van der Waals surface area contributed by atoms with E-state index in [9.17, 15) is 0 Å². The van der Waals surface area contributed by atoms with Crippen LogP contribution in [-0.2, 0) is 0 Å². The molecule has 3 rings (SSSR count). The molecule has 0 aliphatic rings. The fourth-order valence-electron chi connectivity index (χ4n) is 1.75. The number of ether oxygens (including phenoxy) is 1. The average Bonchev–Trinajstić information content (AvgIpc) is 2.50. The zero-order valence-electron chi connectivity index (χ0n) is 11.9. The van der Waals surface area contributed by atoms with Crippen LogP contribution in [0.3, 0.4) is 0 Å². The molecule has 3 aromatic rings. The van der Waals surface area contributed by atoms with Gasteiger partial charge < -0.3 is 10.5 Å². The maximum atomic E-state index is 5.74. The molecule has 0 unspecified atom stereocenters. The van der Waals surface area contributed by atoms with Crippen molar-refractivity contribution in [2.45, 2.75) is 17.0 Å². The molecule has 0 aliphatic heterocycles. The third-order valence-electron chi connectivity index (χ3n) is 2.79. The van der Waals surface area contributed by atoms with Gasteiger partial charge in [0.15, 0.2) is 0 Å². The van der Waals surface area contributed by atoms with Gasteiger partial charge in [0.2, 0.25) is 11.1 Å².